The Morgan fingerprint density at radius 2 is 2.06 bits per heavy atom. The average Bonchev–Trinajstić information content (AvgIpc) is 2.17. The van der Waals surface area contributed by atoms with E-state index in [4.69, 9.17) is 5.11 Å². The molecule has 0 aliphatic heterocycles. The van der Waals surface area contributed by atoms with Crippen molar-refractivity contribution in [2.75, 3.05) is 0 Å². The van der Waals surface area contributed by atoms with Crippen LogP contribution < -0.4 is 0 Å². The highest BCUT2D eigenvalue weighted by molar-refractivity contribution is 5.71. The van der Waals surface area contributed by atoms with E-state index in [0.29, 0.717) is 0 Å². The summed E-state index contributed by atoms with van der Waals surface area (Å²) in [6.45, 7) is 7.26. The molecule has 0 saturated carbocycles. The molecule has 0 fully saturated rings. The molecule has 1 aromatic rings. The van der Waals surface area contributed by atoms with Crippen LogP contribution in [0.15, 0.2) is 36.4 Å². The number of carboxylic acid groups (broad SMARTS) is 1. The number of phenols is 1. The van der Waals surface area contributed by atoms with Crippen LogP contribution in [-0.2, 0) is 4.79 Å². The van der Waals surface area contributed by atoms with Crippen LogP contribution in [0.3, 0.4) is 0 Å². The average molecular weight is 220 g/mol. The Balaban J connectivity index is 3.12. The molecule has 0 amide bonds. The van der Waals surface area contributed by atoms with Gasteiger partial charge in [-0.05, 0) is 24.6 Å². The molecule has 3 nitrogen and oxygen atoms in total. The topological polar surface area (TPSA) is 57.5 Å². The van der Waals surface area contributed by atoms with E-state index in [9.17, 15) is 9.90 Å². The van der Waals surface area contributed by atoms with Crippen LogP contribution in [0.5, 0.6) is 5.75 Å². The molecule has 16 heavy (non-hydrogen) atoms. The summed E-state index contributed by atoms with van der Waals surface area (Å²) in [5.41, 5.74) is 1.56. The predicted octanol–water partition coefficient (Wildman–Crippen LogP) is 2.77. The summed E-state index contributed by atoms with van der Waals surface area (Å²) in [6, 6.07) is 6.65. The van der Waals surface area contributed by atoms with E-state index >= 15 is 0 Å². The second-order valence-electron chi connectivity index (χ2n) is 4.05. The lowest BCUT2D eigenvalue weighted by atomic mass is 9.82. The molecule has 0 aromatic heterocycles. The van der Waals surface area contributed by atoms with Crippen molar-refractivity contribution in [2.45, 2.75) is 19.8 Å². The van der Waals surface area contributed by atoms with E-state index in [0.717, 1.165) is 11.1 Å². The molecule has 2 N–H and O–H groups in total. The van der Waals surface area contributed by atoms with Crippen molar-refractivity contribution in [2.24, 2.45) is 5.92 Å². The van der Waals surface area contributed by atoms with Crippen molar-refractivity contribution >= 4 is 5.97 Å². The highest BCUT2D eigenvalue weighted by Gasteiger charge is 2.25. The largest absolute Gasteiger partial charge is 0.508 e. The van der Waals surface area contributed by atoms with Gasteiger partial charge in [0, 0.05) is 5.92 Å². The highest BCUT2D eigenvalue weighted by atomic mass is 16.4. The van der Waals surface area contributed by atoms with Crippen molar-refractivity contribution in [3.05, 3.63) is 42.0 Å². The van der Waals surface area contributed by atoms with Gasteiger partial charge < -0.3 is 10.2 Å². The van der Waals surface area contributed by atoms with Gasteiger partial charge in [-0.2, -0.15) is 0 Å². The minimum atomic E-state index is -0.864. The lowest BCUT2D eigenvalue weighted by Gasteiger charge is -2.21. The smallest absolute Gasteiger partial charge is 0.307 e. The SMILES string of the molecule is C=C(C)[C@@H](c1cccc(O)c1)C(C)C(=O)O. The number of rotatable bonds is 4. The summed E-state index contributed by atoms with van der Waals surface area (Å²) in [5, 5.41) is 18.4. The Labute approximate surface area is 95.0 Å². The molecule has 0 saturated heterocycles. The van der Waals surface area contributed by atoms with Crippen LogP contribution in [0.25, 0.3) is 0 Å². The summed E-state index contributed by atoms with van der Waals surface area (Å²) in [4.78, 5) is 11.0. The van der Waals surface area contributed by atoms with Gasteiger partial charge in [0.25, 0.3) is 0 Å². The lowest BCUT2D eigenvalue weighted by Crippen LogP contribution is -2.19. The number of aromatic hydroxyl groups is 1. The van der Waals surface area contributed by atoms with Gasteiger partial charge in [-0.3, -0.25) is 4.79 Å². The van der Waals surface area contributed by atoms with Gasteiger partial charge in [-0.1, -0.05) is 31.2 Å². The monoisotopic (exact) mass is 220 g/mol. The van der Waals surface area contributed by atoms with Gasteiger partial charge in [-0.25, -0.2) is 0 Å². The number of hydrogen-bond donors (Lipinski definition) is 2. The van der Waals surface area contributed by atoms with Gasteiger partial charge in [0.2, 0.25) is 0 Å². The van der Waals surface area contributed by atoms with E-state index in [-0.39, 0.29) is 11.7 Å². The predicted molar refractivity (Wildman–Crippen MR) is 62.5 cm³/mol. The van der Waals surface area contributed by atoms with Gasteiger partial charge in [0.1, 0.15) is 5.75 Å². The van der Waals surface area contributed by atoms with Gasteiger partial charge in [-0.15, -0.1) is 0 Å². The van der Waals surface area contributed by atoms with Crippen molar-refractivity contribution in [1.82, 2.24) is 0 Å². The van der Waals surface area contributed by atoms with Gasteiger partial charge in [0.15, 0.2) is 0 Å². The first-order valence-electron chi connectivity index (χ1n) is 5.10. The van der Waals surface area contributed by atoms with E-state index in [1.807, 2.05) is 0 Å². The molecule has 0 spiro atoms. The molecule has 1 unspecified atom stereocenters. The number of carbonyl (C=O) groups is 1. The Hall–Kier alpha value is -1.77. The molecule has 1 aromatic carbocycles. The second-order valence-corrected chi connectivity index (χ2v) is 4.05. The quantitative estimate of drug-likeness (QED) is 0.767. The Kier molecular flexibility index (Phi) is 3.72. The zero-order chi connectivity index (χ0) is 12.3. The fourth-order valence-corrected chi connectivity index (χ4v) is 1.86. The van der Waals surface area contributed by atoms with Crippen molar-refractivity contribution < 1.29 is 15.0 Å². The van der Waals surface area contributed by atoms with Crippen LogP contribution in [0.2, 0.25) is 0 Å². The number of carboxylic acids is 1. The molecule has 0 radical (unpaired) electrons. The first-order chi connectivity index (χ1) is 7.43. The maximum Gasteiger partial charge on any atom is 0.307 e. The van der Waals surface area contributed by atoms with Crippen molar-refractivity contribution in [1.29, 1.82) is 0 Å². The highest BCUT2D eigenvalue weighted by Crippen LogP contribution is 2.32. The summed E-state index contributed by atoms with van der Waals surface area (Å²) in [6.07, 6.45) is 0. The molecule has 0 bridgehead atoms. The van der Waals surface area contributed by atoms with Crippen LogP contribution in [0.4, 0.5) is 0 Å². The third-order valence-electron chi connectivity index (χ3n) is 2.65. The fraction of sp³-hybridized carbons (Fsp3) is 0.308. The molecular weight excluding hydrogens is 204 g/mol. The maximum absolute atomic E-state index is 11.0. The summed E-state index contributed by atoms with van der Waals surface area (Å²) >= 11 is 0. The van der Waals surface area contributed by atoms with Crippen LogP contribution in [0, 0.1) is 5.92 Å². The fourth-order valence-electron chi connectivity index (χ4n) is 1.86. The van der Waals surface area contributed by atoms with Crippen LogP contribution in [0.1, 0.15) is 25.3 Å². The zero-order valence-corrected chi connectivity index (χ0v) is 9.47. The molecule has 0 aliphatic rings. The summed E-state index contributed by atoms with van der Waals surface area (Å²) < 4.78 is 0. The van der Waals surface area contributed by atoms with Gasteiger partial charge >= 0.3 is 5.97 Å². The van der Waals surface area contributed by atoms with Crippen molar-refractivity contribution in [3.8, 4) is 5.75 Å². The molecule has 2 atom stereocenters. The number of aliphatic carboxylic acids is 1. The number of benzene rings is 1. The summed E-state index contributed by atoms with van der Waals surface area (Å²) in [5.74, 6) is -1.55. The Morgan fingerprint density at radius 1 is 1.44 bits per heavy atom. The van der Waals surface area contributed by atoms with E-state index in [2.05, 4.69) is 6.58 Å². The minimum absolute atomic E-state index is 0.140. The maximum atomic E-state index is 11.0. The molecule has 0 heterocycles. The molecule has 3 heteroatoms. The normalized spacial score (nSPS) is 14.1. The second kappa shape index (κ2) is 4.84. The third-order valence-corrected chi connectivity index (χ3v) is 2.65. The van der Waals surface area contributed by atoms with E-state index in [1.54, 1.807) is 38.1 Å². The Morgan fingerprint density at radius 3 is 2.50 bits per heavy atom. The van der Waals surface area contributed by atoms with Crippen LogP contribution in [-0.4, -0.2) is 16.2 Å². The number of hydrogen-bond acceptors (Lipinski definition) is 2. The number of allylic oxidation sites excluding steroid dienone is 1. The molecule has 1 rings (SSSR count). The standard InChI is InChI=1S/C13H16O3/c1-8(2)12(9(3)13(15)16)10-5-4-6-11(14)7-10/h4-7,9,12,14H,1H2,2-3H3,(H,15,16)/t9?,12-/m1/s1. The molecule has 0 aliphatic carbocycles. The summed E-state index contributed by atoms with van der Waals surface area (Å²) in [7, 11) is 0. The van der Waals surface area contributed by atoms with Gasteiger partial charge in [0.05, 0.1) is 5.92 Å². The first kappa shape index (κ1) is 12.3. The lowest BCUT2D eigenvalue weighted by molar-refractivity contribution is -0.141. The van der Waals surface area contributed by atoms with E-state index in [1.165, 1.54) is 0 Å². The van der Waals surface area contributed by atoms with E-state index < -0.39 is 11.9 Å². The zero-order valence-electron chi connectivity index (χ0n) is 9.47. The van der Waals surface area contributed by atoms with Crippen molar-refractivity contribution in [3.63, 3.8) is 0 Å². The number of phenolic OH excluding ortho intramolecular Hbond substituents is 1. The first-order valence-corrected chi connectivity index (χ1v) is 5.10. The third kappa shape index (κ3) is 2.63. The van der Waals surface area contributed by atoms with Crippen LogP contribution >= 0.6 is 0 Å². The molecular formula is C13H16O3. The Bertz CT molecular complexity index is 409. The minimum Gasteiger partial charge on any atom is -0.508 e. The molecule has 86 valence electrons.